The van der Waals surface area contributed by atoms with Gasteiger partial charge in [0.25, 0.3) is 5.69 Å². The van der Waals surface area contributed by atoms with Crippen molar-refractivity contribution in [3.63, 3.8) is 0 Å². The van der Waals surface area contributed by atoms with Crippen LogP contribution in [0.5, 0.6) is 0 Å². The summed E-state index contributed by atoms with van der Waals surface area (Å²) in [5, 5.41) is 11.3. The Morgan fingerprint density at radius 3 is 2.42 bits per heavy atom. The third-order valence-electron chi connectivity index (χ3n) is 2.65. The van der Waals surface area contributed by atoms with Gasteiger partial charge in [0.1, 0.15) is 0 Å². The second-order valence-electron chi connectivity index (χ2n) is 3.94. The van der Waals surface area contributed by atoms with Crippen LogP contribution in [0.4, 0.5) is 5.69 Å². The van der Waals surface area contributed by atoms with Crippen LogP contribution in [0.25, 0.3) is 0 Å². The number of hydrogen-bond donors (Lipinski definition) is 0. The number of non-ortho nitro benzene ring substituents is 1. The highest BCUT2D eigenvalue weighted by molar-refractivity contribution is 7.99. The van der Waals surface area contributed by atoms with Crippen molar-refractivity contribution in [2.24, 2.45) is 0 Å². The molecule has 2 rings (SSSR count). The minimum atomic E-state index is -0.391. The van der Waals surface area contributed by atoms with Gasteiger partial charge in [0.05, 0.1) is 4.92 Å². The lowest BCUT2D eigenvalue weighted by Crippen LogP contribution is -1.90. The zero-order valence-electron chi connectivity index (χ0n) is 10.1. The van der Waals surface area contributed by atoms with E-state index in [9.17, 15) is 10.1 Å². The monoisotopic (exact) mass is 293 g/mol. The highest BCUT2D eigenvalue weighted by Crippen LogP contribution is 2.23. The summed E-state index contributed by atoms with van der Waals surface area (Å²) in [7, 11) is 0. The second-order valence-corrected chi connectivity index (χ2v) is 5.52. The van der Waals surface area contributed by atoms with Crippen LogP contribution in [0, 0.1) is 10.1 Å². The number of nitro groups is 1. The molecule has 0 saturated carbocycles. The lowest BCUT2D eigenvalue weighted by molar-refractivity contribution is -0.384. The Balaban J connectivity index is 1.89. The van der Waals surface area contributed by atoms with Crippen LogP contribution in [0.1, 0.15) is 5.56 Å². The van der Waals surface area contributed by atoms with E-state index in [1.54, 1.807) is 23.9 Å². The number of hydrogen-bond acceptors (Lipinski definition) is 3. The van der Waals surface area contributed by atoms with Crippen molar-refractivity contribution in [1.82, 2.24) is 0 Å². The number of nitrogens with zero attached hydrogens (tertiary/aromatic N) is 1. The van der Waals surface area contributed by atoms with E-state index in [-0.39, 0.29) is 5.69 Å². The molecule has 3 nitrogen and oxygen atoms in total. The van der Waals surface area contributed by atoms with E-state index in [1.807, 2.05) is 24.3 Å². The fourth-order valence-corrected chi connectivity index (χ4v) is 2.76. The Morgan fingerprint density at radius 2 is 1.79 bits per heavy atom. The summed E-state index contributed by atoms with van der Waals surface area (Å²) < 4.78 is 0. The first-order valence-electron chi connectivity index (χ1n) is 5.77. The Kier molecular flexibility index (Phi) is 4.82. The Morgan fingerprint density at radius 1 is 1.11 bits per heavy atom. The largest absolute Gasteiger partial charge is 0.269 e. The van der Waals surface area contributed by atoms with Gasteiger partial charge in [-0.2, -0.15) is 0 Å². The molecule has 0 fully saturated rings. The summed E-state index contributed by atoms with van der Waals surface area (Å²) >= 11 is 7.74. The number of rotatable bonds is 5. The highest BCUT2D eigenvalue weighted by Gasteiger charge is 2.04. The van der Waals surface area contributed by atoms with E-state index in [1.165, 1.54) is 12.1 Å². The molecule has 0 atom stereocenters. The molecule has 0 aromatic heterocycles. The molecule has 2 aromatic carbocycles. The minimum absolute atomic E-state index is 0.121. The van der Waals surface area contributed by atoms with Gasteiger partial charge in [0.2, 0.25) is 0 Å². The number of thioether (sulfide) groups is 1. The van der Waals surface area contributed by atoms with Crippen LogP contribution in [0.2, 0.25) is 5.02 Å². The maximum Gasteiger partial charge on any atom is 0.269 e. The second kappa shape index (κ2) is 6.59. The summed E-state index contributed by atoms with van der Waals surface area (Å²) in [5.74, 6) is 0.890. The predicted molar refractivity (Wildman–Crippen MR) is 79.0 cm³/mol. The van der Waals surface area contributed by atoms with Crippen molar-refractivity contribution in [3.05, 3.63) is 69.2 Å². The minimum Gasteiger partial charge on any atom is -0.258 e. The highest BCUT2D eigenvalue weighted by atomic mass is 35.5. The SMILES string of the molecule is O=[N+]([O-])c1ccc(SCCc2ccccc2Cl)cc1. The van der Waals surface area contributed by atoms with Gasteiger partial charge in [-0.05, 0) is 30.2 Å². The molecular formula is C14H12ClNO2S. The fourth-order valence-electron chi connectivity index (χ4n) is 1.64. The van der Waals surface area contributed by atoms with E-state index in [2.05, 4.69) is 0 Å². The standard InChI is InChI=1S/C14H12ClNO2S/c15-14-4-2-1-3-11(14)9-10-19-13-7-5-12(6-8-13)16(17)18/h1-8H,9-10H2. The number of halogens is 1. The summed E-state index contributed by atoms with van der Waals surface area (Å²) in [6.45, 7) is 0. The normalized spacial score (nSPS) is 10.4. The average molecular weight is 294 g/mol. The summed E-state index contributed by atoms with van der Waals surface area (Å²) in [4.78, 5) is 11.2. The number of aryl methyl sites for hydroxylation is 1. The maximum absolute atomic E-state index is 10.5. The van der Waals surface area contributed by atoms with E-state index >= 15 is 0 Å². The van der Waals surface area contributed by atoms with Gasteiger partial charge in [0, 0.05) is 27.8 Å². The zero-order chi connectivity index (χ0) is 13.7. The van der Waals surface area contributed by atoms with Crippen molar-refractivity contribution in [3.8, 4) is 0 Å². The van der Waals surface area contributed by atoms with E-state index in [0.29, 0.717) is 0 Å². The van der Waals surface area contributed by atoms with Crippen LogP contribution in [-0.2, 0) is 6.42 Å². The maximum atomic E-state index is 10.5. The van der Waals surface area contributed by atoms with Crippen LogP contribution in [0.3, 0.4) is 0 Å². The molecule has 0 aliphatic carbocycles. The lowest BCUT2D eigenvalue weighted by atomic mass is 10.2. The van der Waals surface area contributed by atoms with Crippen molar-refractivity contribution < 1.29 is 4.92 Å². The van der Waals surface area contributed by atoms with Gasteiger partial charge in [-0.15, -0.1) is 11.8 Å². The molecule has 0 aliphatic rings. The molecule has 0 spiro atoms. The molecule has 0 amide bonds. The predicted octanol–water partition coefficient (Wildman–Crippen LogP) is 4.58. The lowest BCUT2D eigenvalue weighted by Gasteiger charge is -2.04. The Bertz CT molecular complexity index is 572. The summed E-state index contributed by atoms with van der Waals surface area (Å²) in [6.07, 6.45) is 0.876. The van der Waals surface area contributed by atoms with Gasteiger partial charge in [-0.3, -0.25) is 10.1 Å². The molecule has 0 unspecified atom stereocenters. The molecule has 0 saturated heterocycles. The first-order chi connectivity index (χ1) is 9.16. The van der Waals surface area contributed by atoms with E-state index in [0.717, 1.165) is 27.7 Å². The zero-order valence-corrected chi connectivity index (χ0v) is 11.7. The van der Waals surface area contributed by atoms with E-state index < -0.39 is 4.92 Å². The van der Waals surface area contributed by atoms with Crippen molar-refractivity contribution in [2.45, 2.75) is 11.3 Å². The van der Waals surface area contributed by atoms with Crippen LogP contribution in [0.15, 0.2) is 53.4 Å². The number of benzene rings is 2. The first-order valence-corrected chi connectivity index (χ1v) is 7.14. The topological polar surface area (TPSA) is 43.1 Å². The van der Waals surface area contributed by atoms with E-state index in [4.69, 9.17) is 11.6 Å². The van der Waals surface area contributed by atoms with Gasteiger partial charge in [-0.1, -0.05) is 29.8 Å². The summed E-state index contributed by atoms with van der Waals surface area (Å²) in [5.41, 5.74) is 1.24. The molecule has 98 valence electrons. The molecule has 2 aromatic rings. The summed E-state index contributed by atoms with van der Waals surface area (Å²) in [6, 6.07) is 14.4. The van der Waals surface area contributed by atoms with Gasteiger partial charge in [-0.25, -0.2) is 0 Å². The molecule has 19 heavy (non-hydrogen) atoms. The van der Waals surface area contributed by atoms with Crippen molar-refractivity contribution in [2.75, 3.05) is 5.75 Å². The Labute approximate surface area is 120 Å². The van der Waals surface area contributed by atoms with Crippen LogP contribution < -0.4 is 0 Å². The molecular weight excluding hydrogens is 282 g/mol. The number of nitro benzene ring substituents is 1. The third-order valence-corrected chi connectivity index (χ3v) is 4.03. The van der Waals surface area contributed by atoms with Crippen LogP contribution >= 0.6 is 23.4 Å². The Hall–Kier alpha value is -1.52. The smallest absolute Gasteiger partial charge is 0.258 e. The molecule has 0 N–H and O–H groups in total. The average Bonchev–Trinajstić information content (AvgIpc) is 2.41. The first kappa shape index (κ1) is 13.9. The van der Waals surface area contributed by atoms with Crippen molar-refractivity contribution >= 4 is 29.1 Å². The van der Waals surface area contributed by atoms with Crippen molar-refractivity contribution in [1.29, 1.82) is 0 Å². The van der Waals surface area contributed by atoms with Gasteiger partial charge in [0.15, 0.2) is 0 Å². The fraction of sp³-hybridized carbons (Fsp3) is 0.143. The molecule has 0 radical (unpaired) electrons. The third kappa shape index (κ3) is 3.98. The molecule has 0 bridgehead atoms. The molecule has 0 heterocycles. The molecule has 5 heteroatoms. The van der Waals surface area contributed by atoms with Gasteiger partial charge < -0.3 is 0 Å². The van der Waals surface area contributed by atoms with Gasteiger partial charge >= 0.3 is 0 Å². The molecule has 0 aliphatic heterocycles. The van der Waals surface area contributed by atoms with Crippen LogP contribution in [-0.4, -0.2) is 10.7 Å². The quantitative estimate of drug-likeness (QED) is 0.460.